The lowest BCUT2D eigenvalue weighted by atomic mass is 10.2. The van der Waals surface area contributed by atoms with Crippen LogP contribution in [-0.4, -0.2) is 28.3 Å². The molecule has 0 spiro atoms. The molecule has 2 aromatic rings. The quantitative estimate of drug-likeness (QED) is 0.627. The second-order valence-corrected chi connectivity index (χ2v) is 4.02. The van der Waals surface area contributed by atoms with E-state index >= 15 is 0 Å². The van der Waals surface area contributed by atoms with Crippen molar-refractivity contribution in [3.63, 3.8) is 0 Å². The first kappa shape index (κ1) is 12.6. The van der Waals surface area contributed by atoms with Gasteiger partial charge in [-0.3, -0.25) is 10.1 Å². The Morgan fingerprint density at radius 2 is 2.00 bits per heavy atom. The molecular formula is C10H11ClN4O3. The lowest BCUT2D eigenvalue weighted by Crippen LogP contribution is -2.23. The number of nitro groups is 1. The van der Waals surface area contributed by atoms with Gasteiger partial charge in [-0.1, -0.05) is 11.6 Å². The molecule has 1 heterocycles. The van der Waals surface area contributed by atoms with Gasteiger partial charge in [0.2, 0.25) is 5.52 Å². The van der Waals surface area contributed by atoms with Crippen molar-refractivity contribution < 1.29 is 9.55 Å². The number of halogens is 1. The van der Waals surface area contributed by atoms with Gasteiger partial charge in [0.25, 0.3) is 0 Å². The molecule has 0 amide bonds. The summed E-state index contributed by atoms with van der Waals surface area (Å²) in [4.78, 5) is 12.5. The minimum Gasteiger partial charge on any atom is -0.366 e. The van der Waals surface area contributed by atoms with E-state index in [1.54, 1.807) is 0 Å². The molecule has 7 nitrogen and oxygen atoms in total. The normalized spacial score (nSPS) is 10.8. The van der Waals surface area contributed by atoms with Crippen molar-refractivity contribution in [1.82, 2.24) is 10.3 Å². The predicted molar refractivity (Wildman–Crippen MR) is 67.0 cm³/mol. The van der Waals surface area contributed by atoms with Crippen molar-refractivity contribution in [3.8, 4) is 0 Å². The summed E-state index contributed by atoms with van der Waals surface area (Å²) >= 11 is 6.03. The van der Waals surface area contributed by atoms with Gasteiger partial charge in [0, 0.05) is 13.1 Å². The maximum absolute atomic E-state index is 11.2. The number of rotatable bonds is 4. The van der Waals surface area contributed by atoms with Crippen LogP contribution in [-0.2, 0) is 0 Å². The van der Waals surface area contributed by atoms with E-state index in [2.05, 4.69) is 14.9 Å². The summed E-state index contributed by atoms with van der Waals surface area (Å²) in [7, 11) is 0. The van der Waals surface area contributed by atoms with Crippen LogP contribution in [0.1, 0.15) is 13.8 Å². The van der Waals surface area contributed by atoms with Crippen LogP contribution < -0.4 is 4.90 Å². The second kappa shape index (κ2) is 4.77. The molecule has 0 aliphatic carbocycles. The smallest absolute Gasteiger partial charge is 0.323 e. The third-order valence-corrected chi connectivity index (χ3v) is 3.02. The minimum absolute atomic E-state index is 0.0781. The fraction of sp³-hybridized carbons (Fsp3) is 0.400. The van der Waals surface area contributed by atoms with E-state index in [1.165, 1.54) is 6.07 Å². The molecule has 0 bridgehead atoms. The average molecular weight is 271 g/mol. The summed E-state index contributed by atoms with van der Waals surface area (Å²) in [6.45, 7) is 5.08. The van der Waals surface area contributed by atoms with Crippen LogP contribution in [0.5, 0.6) is 0 Å². The van der Waals surface area contributed by atoms with Crippen molar-refractivity contribution in [3.05, 3.63) is 21.2 Å². The fourth-order valence-corrected chi connectivity index (χ4v) is 2.09. The zero-order chi connectivity index (χ0) is 13.3. The predicted octanol–water partition coefficient (Wildman–Crippen LogP) is 2.63. The fourth-order valence-electron chi connectivity index (χ4n) is 1.86. The monoisotopic (exact) mass is 270 g/mol. The highest BCUT2D eigenvalue weighted by atomic mass is 35.5. The number of anilines is 1. The zero-order valence-electron chi connectivity index (χ0n) is 9.88. The van der Waals surface area contributed by atoms with E-state index in [1.807, 2.05) is 18.7 Å². The molecule has 0 aliphatic heterocycles. The van der Waals surface area contributed by atoms with Gasteiger partial charge in [0.05, 0.1) is 9.95 Å². The Morgan fingerprint density at radius 1 is 1.39 bits per heavy atom. The van der Waals surface area contributed by atoms with Gasteiger partial charge in [-0.25, -0.2) is 4.63 Å². The lowest BCUT2D eigenvalue weighted by Gasteiger charge is -2.20. The largest absolute Gasteiger partial charge is 0.366 e. The maximum Gasteiger partial charge on any atom is 0.323 e. The molecule has 0 aliphatic rings. The van der Waals surface area contributed by atoms with Crippen LogP contribution in [0.2, 0.25) is 5.02 Å². The standard InChI is InChI=1S/C10H11ClN4O3/c1-3-14(4-2)7-5-6(11)8-9(13-18-12-8)10(7)15(16)17/h5H,3-4H2,1-2H3. The summed E-state index contributed by atoms with van der Waals surface area (Å²) in [6.07, 6.45) is 0. The molecule has 8 heteroatoms. The van der Waals surface area contributed by atoms with Crippen LogP contribution in [0.4, 0.5) is 11.4 Å². The Bertz CT molecular complexity index is 594. The van der Waals surface area contributed by atoms with E-state index in [9.17, 15) is 10.1 Å². The first-order valence-corrected chi connectivity index (χ1v) is 5.82. The molecule has 1 aromatic carbocycles. The Balaban J connectivity index is 2.78. The molecule has 0 saturated carbocycles. The Hall–Kier alpha value is -1.89. The molecule has 0 unspecified atom stereocenters. The average Bonchev–Trinajstić information content (AvgIpc) is 2.79. The SMILES string of the molecule is CCN(CC)c1cc(Cl)c2nonc2c1[N+](=O)[O-]. The summed E-state index contributed by atoms with van der Waals surface area (Å²) in [6, 6.07) is 1.53. The number of fused-ring (bicyclic) bond motifs is 1. The van der Waals surface area contributed by atoms with Gasteiger partial charge < -0.3 is 4.90 Å². The lowest BCUT2D eigenvalue weighted by molar-refractivity contribution is -0.382. The molecule has 18 heavy (non-hydrogen) atoms. The molecule has 0 atom stereocenters. The Morgan fingerprint density at radius 3 is 2.56 bits per heavy atom. The highest BCUT2D eigenvalue weighted by Crippen LogP contribution is 2.38. The molecule has 96 valence electrons. The molecule has 0 saturated heterocycles. The van der Waals surface area contributed by atoms with Crippen molar-refractivity contribution in [2.75, 3.05) is 18.0 Å². The van der Waals surface area contributed by atoms with Crippen LogP contribution in [0.15, 0.2) is 10.7 Å². The van der Waals surface area contributed by atoms with Crippen LogP contribution in [0.25, 0.3) is 11.0 Å². The summed E-state index contributed by atoms with van der Waals surface area (Å²) in [5.41, 5.74) is 0.589. The molecule has 1 aromatic heterocycles. The Kier molecular flexibility index (Phi) is 3.33. The Labute approximate surface area is 107 Å². The van der Waals surface area contributed by atoms with Crippen molar-refractivity contribution in [1.29, 1.82) is 0 Å². The molecule has 0 radical (unpaired) electrons. The van der Waals surface area contributed by atoms with Gasteiger partial charge >= 0.3 is 5.69 Å². The van der Waals surface area contributed by atoms with E-state index in [0.717, 1.165) is 0 Å². The number of aromatic nitrogens is 2. The molecule has 0 N–H and O–H groups in total. The number of hydrogen-bond donors (Lipinski definition) is 0. The summed E-state index contributed by atoms with van der Waals surface area (Å²) in [5, 5.41) is 18.6. The van der Waals surface area contributed by atoms with Crippen LogP contribution in [0.3, 0.4) is 0 Å². The molecule has 2 rings (SSSR count). The van der Waals surface area contributed by atoms with Crippen molar-refractivity contribution in [2.45, 2.75) is 13.8 Å². The van der Waals surface area contributed by atoms with Gasteiger partial charge in [0.15, 0.2) is 5.52 Å². The number of hydrogen-bond acceptors (Lipinski definition) is 6. The number of benzene rings is 1. The van der Waals surface area contributed by atoms with E-state index < -0.39 is 4.92 Å². The van der Waals surface area contributed by atoms with E-state index in [4.69, 9.17) is 11.6 Å². The zero-order valence-corrected chi connectivity index (χ0v) is 10.6. The van der Waals surface area contributed by atoms with Crippen LogP contribution in [0, 0.1) is 10.1 Å². The third-order valence-electron chi connectivity index (χ3n) is 2.73. The van der Waals surface area contributed by atoms with E-state index in [-0.39, 0.29) is 16.7 Å². The van der Waals surface area contributed by atoms with Gasteiger partial charge in [-0.05, 0) is 30.2 Å². The first-order chi connectivity index (χ1) is 8.60. The molecular weight excluding hydrogens is 260 g/mol. The summed E-state index contributed by atoms with van der Waals surface area (Å²) in [5.74, 6) is 0. The molecule has 0 fully saturated rings. The van der Waals surface area contributed by atoms with Crippen molar-refractivity contribution in [2.24, 2.45) is 0 Å². The van der Waals surface area contributed by atoms with Crippen LogP contribution >= 0.6 is 11.6 Å². The first-order valence-electron chi connectivity index (χ1n) is 5.44. The van der Waals surface area contributed by atoms with E-state index in [0.29, 0.717) is 23.8 Å². The third kappa shape index (κ3) is 1.86. The van der Waals surface area contributed by atoms with Crippen molar-refractivity contribution >= 4 is 34.0 Å². The summed E-state index contributed by atoms with van der Waals surface area (Å²) < 4.78 is 4.53. The maximum atomic E-state index is 11.2. The second-order valence-electron chi connectivity index (χ2n) is 3.62. The van der Waals surface area contributed by atoms with Gasteiger partial charge in [-0.15, -0.1) is 0 Å². The van der Waals surface area contributed by atoms with Gasteiger partial charge in [-0.2, -0.15) is 0 Å². The minimum atomic E-state index is -0.490. The number of nitrogens with zero attached hydrogens (tertiary/aromatic N) is 4. The van der Waals surface area contributed by atoms with Gasteiger partial charge in [0.1, 0.15) is 5.69 Å². The highest BCUT2D eigenvalue weighted by Gasteiger charge is 2.27. The highest BCUT2D eigenvalue weighted by molar-refractivity contribution is 6.35. The number of nitro benzene ring substituents is 1. The topological polar surface area (TPSA) is 85.3 Å².